The van der Waals surface area contributed by atoms with E-state index in [-0.39, 0.29) is 23.8 Å². The molecule has 1 fully saturated rings. The van der Waals surface area contributed by atoms with Crippen LogP contribution in [0.2, 0.25) is 0 Å². The van der Waals surface area contributed by atoms with Crippen LogP contribution in [0.4, 0.5) is 0 Å². The van der Waals surface area contributed by atoms with E-state index in [1.165, 1.54) is 5.56 Å². The smallest absolute Gasteiger partial charge is 0.224 e. The molecule has 2 rings (SSSR count). The van der Waals surface area contributed by atoms with Gasteiger partial charge in [0.1, 0.15) is 5.75 Å². The minimum atomic E-state index is -0.0572. The SMILES string of the molecule is COc1ccc(CCN2CC(NC(=O)C(C)C)CC2=O)cc1. The first-order chi connectivity index (χ1) is 10.5. The van der Waals surface area contributed by atoms with Crippen LogP contribution in [-0.4, -0.2) is 43.0 Å². The van der Waals surface area contributed by atoms with Crippen LogP contribution in [0.5, 0.6) is 5.75 Å². The Morgan fingerprint density at radius 2 is 2.05 bits per heavy atom. The summed E-state index contributed by atoms with van der Waals surface area (Å²) in [6.07, 6.45) is 1.21. The van der Waals surface area contributed by atoms with Gasteiger partial charge < -0.3 is 15.0 Å². The second kappa shape index (κ2) is 7.29. The number of carbonyl (C=O) groups is 2. The van der Waals surface area contributed by atoms with Gasteiger partial charge in [-0.2, -0.15) is 0 Å². The molecular formula is C17H24N2O3. The lowest BCUT2D eigenvalue weighted by Crippen LogP contribution is -2.39. The summed E-state index contributed by atoms with van der Waals surface area (Å²) in [5, 5.41) is 2.93. The second-order valence-corrected chi connectivity index (χ2v) is 6.00. The quantitative estimate of drug-likeness (QED) is 0.868. The highest BCUT2D eigenvalue weighted by atomic mass is 16.5. The third-order valence-corrected chi connectivity index (χ3v) is 3.91. The zero-order chi connectivity index (χ0) is 16.1. The van der Waals surface area contributed by atoms with E-state index >= 15 is 0 Å². The Bertz CT molecular complexity index is 525. The summed E-state index contributed by atoms with van der Waals surface area (Å²) in [5.74, 6) is 0.901. The largest absolute Gasteiger partial charge is 0.497 e. The van der Waals surface area contributed by atoms with E-state index in [0.29, 0.717) is 19.5 Å². The fraction of sp³-hybridized carbons (Fsp3) is 0.529. The summed E-state index contributed by atoms with van der Waals surface area (Å²) in [6, 6.07) is 7.81. The number of likely N-dealkylation sites (tertiary alicyclic amines) is 1. The van der Waals surface area contributed by atoms with Crippen molar-refractivity contribution in [3.8, 4) is 5.75 Å². The van der Waals surface area contributed by atoms with Gasteiger partial charge in [-0.05, 0) is 24.1 Å². The predicted molar refractivity (Wildman–Crippen MR) is 84.7 cm³/mol. The molecule has 0 aromatic heterocycles. The van der Waals surface area contributed by atoms with Crippen molar-refractivity contribution in [2.45, 2.75) is 32.7 Å². The van der Waals surface area contributed by atoms with Crippen LogP contribution in [-0.2, 0) is 16.0 Å². The number of rotatable bonds is 6. The van der Waals surface area contributed by atoms with Crippen LogP contribution in [0.25, 0.3) is 0 Å². The molecule has 0 radical (unpaired) electrons. The van der Waals surface area contributed by atoms with Gasteiger partial charge in [0, 0.05) is 25.4 Å². The number of carbonyl (C=O) groups excluding carboxylic acids is 2. The van der Waals surface area contributed by atoms with Crippen molar-refractivity contribution in [3.05, 3.63) is 29.8 Å². The number of ether oxygens (including phenoxy) is 1. The molecule has 1 heterocycles. The lowest BCUT2D eigenvalue weighted by Gasteiger charge is -2.18. The predicted octanol–water partition coefficient (Wildman–Crippen LogP) is 1.61. The van der Waals surface area contributed by atoms with E-state index < -0.39 is 0 Å². The summed E-state index contributed by atoms with van der Waals surface area (Å²) in [5.41, 5.74) is 1.17. The Morgan fingerprint density at radius 3 is 2.64 bits per heavy atom. The van der Waals surface area contributed by atoms with Gasteiger partial charge in [-0.25, -0.2) is 0 Å². The summed E-state index contributed by atoms with van der Waals surface area (Å²) in [4.78, 5) is 25.5. The van der Waals surface area contributed by atoms with Gasteiger partial charge in [-0.1, -0.05) is 26.0 Å². The third-order valence-electron chi connectivity index (χ3n) is 3.91. The summed E-state index contributed by atoms with van der Waals surface area (Å²) >= 11 is 0. The van der Waals surface area contributed by atoms with Crippen LogP contribution < -0.4 is 10.1 Å². The average Bonchev–Trinajstić information content (AvgIpc) is 2.85. The number of methoxy groups -OCH3 is 1. The Morgan fingerprint density at radius 1 is 1.36 bits per heavy atom. The van der Waals surface area contributed by atoms with Crippen molar-refractivity contribution < 1.29 is 14.3 Å². The highest BCUT2D eigenvalue weighted by molar-refractivity contribution is 5.82. The molecule has 5 nitrogen and oxygen atoms in total. The number of hydrogen-bond acceptors (Lipinski definition) is 3. The molecular weight excluding hydrogens is 280 g/mol. The van der Waals surface area contributed by atoms with Crippen molar-refractivity contribution in [2.24, 2.45) is 5.92 Å². The minimum Gasteiger partial charge on any atom is -0.497 e. The van der Waals surface area contributed by atoms with Crippen molar-refractivity contribution in [1.82, 2.24) is 10.2 Å². The highest BCUT2D eigenvalue weighted by Gasteiger charge is 2.30. The topological polar surface area (TPSA) is 58.6 Å². The molecule has 1 saturated heterocycles. The number of nitrogens with one attached hydrogen (secondary N) is 1. The zero-order valence-corrected chi connectivity index (χ0v) is 13.5. The molecule has 1 atom stereocenters. The zero-order valence-electron chi connectivity index (χ0n) is 13.5. The van der Waals surface area contributed by atoms with Crippen LogP contribution >= 0.6 is 0 Å². The lowest BCUT2D eigenvalue weighted by atomic mass is 10.1. The average molecular weight is 304 g/mol. The number of amides is 2. The highest BCUT2D eigenvalue weighted by Crippen LogP contribution is 2.15. The van der Waals surface area contributed by atoms with Crippen molar-refractivity contribution in [3.63, 3.8) is 0 Å². The molecule has 1 N–H and O–H groups in total. The normalized spacial score (nSPS) is 17.9. The van der Waals surface area contributed by atoms with E-state index in [1.807, 2.05) is 43.0 Å². The van der Waals surface area contributed by atoms with Crippen LogP contribution in [0.3, 0.4) is 0 Å². The first-order valence-corrected chi connectivity index (χ1v) is 7.70. The molecule has 1 unspecified atom stereocenters. The van der Waals surface area contributed by atoms with E-state index in [9.17, 15) is 9.59 Å². The Labute approximate surface area is 131 Å². The first kappa shape index (κ1) is 16.3. The molecule has 22 heavy (non-hydrogen) atoms. The third kappa shape index (κ3) is 4.23. The van der Waals surface area contributed by atoms with Gasteiger partial charge in [-0.3, -0.25) is 9.59 Å². The number of benzene rings is 1. The molecule has 2 amide bonds. The van der Waals surface area contributed by atoms with E-state index in [4.69, 9.17) is 4.74 Å². The monoisotopic (exact) mass is 304 g/mol. The minimum absolute atomic E-state index is 0.00908. The van der Waals surface area contributed by atoms with Crippen LogP contribution in [0.1, 0.15) is 25.8 Å². The molecule has 0 aliphatic carbocycles. The second-order valence-electron chi connectivity index (χ2n) is 6.00. The standard InChI is InChI=1S/C17H24N2O3/c1-12(2)17(21)18-14-10-16(20)19(11-14)9-8-13-4-6-15(22-3)7-5-13/h4-7,12,14H,8-11H2,1-3H3,(H,18,21). The maximum atomic E-state index is 12.0. The first-order valence-electron chi connectivity index (χ1n) is 7.70. The Kier molecular flexibility index (Phi) is 5.41. The van der Waals surface area contributed by atoms with Gasteiger partial charge in [0.25, 0.3) is 0 Å². The van der Waals surface area contributed by atoms with Crippen LogP contribution in [0, 0.1) is 5.92 Å². The maximum absolute atomic E-state index is 12.0. The van der Waals surface area contributed by atoms with Crippen molar-refractivity contribution in [2.75, 3.05) is 20.2 Å². The molecule has 0 saturated carbocycles. The van der Waals surface area contributed by atoms with Gasteiger partial charge >= 0.3 is 0 Å². The molecule has 1 aliphatic rings. The number of nitrogens with zero attached hydrogens (tertiary/aromatic N) is 1. The fourth-order valence-corrected chi connectivity index (χ4v) is 2.51. The molecule has 5 heteroatoms. The summed E-state index contributed by atoms with van der Waals surface area (Å²) < 4.78 is 5.13. The van der Waals surface area contributed by atoms with Gasteiger partial charge in [0.15, 0.2) is 0 Å². The van der Waals surface area contributed by atoms with Gasteiger partial charge in [0.05, 0.1) is 13.2 Å². The lowest BCUT2D eigenvalue weighted by molar-refractivity contribution is -0.127. The fourth-order valence-electron chi connectivity index (χ4n) is 2.51. The molecule has 0 spiro atoms. The Hall–Kier alpha value is -2.04. The summed E-state index contributed by atoms with van der Waals surface area (Å²) in [7, 11) is 1.64. The van der Waals surface area contributed by atoms with Crippen molar-refractivity contribution >= 4 is 11.8 Å². The molecule has 1 aliphatic heterocycles. The molecule has 1 aromatic rings. The Balaban J connectivity index is 1.82. The van der Waals surface area contributed by atoms with Gasteiger partial charge in [-0.15, -0.1) is 0 Å². The van der Waals surface area contributed by atoms with E-state index in [0.717, 1.165) is 12.2 Å². The summed E-state index contributed by atoms with van der Waals surface area (Å²) in [6.45, 7) is 4.99. The maximum Gasteiger partial charge on any atom is 0.224 e. The molecule has 120 valence electrons. The van der Waals surface area contributed by atoms with Crippen LogP contribution in [0.15, 0.2) is 24.3 Å². The molecule has 0 bridgehead atoms. The van der Waals surface area contributed by atoms with E-state index in [2.05, 4.69) is 5.32 Å². The van der Waals surface area contributed by atoms with Crippen molar-refractivity contribution in [1.29, 1.82) is 0 Å². The molecule has 1 aromatic carbocycles. The number of hydrogen-bond donors (Lipinski definition) is 1. The van der Waals surface area contributed by atoms with Gasteiger partial charge in [0.2, 0.25) is 11.8 Å². The van der Waals surface area contributed by atoms with E-state index in [1.54, 1.807) is 7.11 Å².